The van der Waals surface area contributed by atoms with Crippen molar-refractivity contribution in [2.45, 2.75) is 25.2 Å². The molecule has 1 aliphatic rings. The summed E-state index contributed by atoms with van der Waals surface area (Å²) in [4.78, 5) is 10.3. The van der Waals surface area contributed by atoms with Crippen molar-refractivity contribution in [2.75, 3.05) is 13.7 Å². The molecule has 0 unspecified atom stereocenters. The van der Waals surface area contributed by atoms with Gasteiger partial charge in [-0.25, -0.2) is 0 Å². The van der Waals surface area contributed by atoms with Crippen LogP contribution in [-0.4, -0.2) is 32.2 Å². The highest BCUT2D eigenvalue weighted by Gasteiger charge is 2.37. The van der Waals surface area contributed by atoms with Gasteiger partial charge in [0.2, 0.25) is 0 Å². The minimum Gasteiger partial charge on any atom is -0.497 e. The van der Waals surface area contributed by atoms with Gasteiger partial charge in [-0.2, -0.15) is 0 Å². The molecule has 2 rings (SSSR count). The first kappa shape index (κ1) is 12.1. The van der Waals surface area contributed by atoms with Crippen LogP contribution in [0.1, 0.15) is 12.0 Å². The lowest BCUT2D eigenvalue weighted by atomic mass is 10.2. The maximum absolute atomic E-state index is 10.3. The molecule has 0 spiro atoms. The van der Waals surface area contributed by atoms with E-state index in [1.165, 1.54) is 0 Å². The zero-order chi connectivity index (χ0) is 12.1. The number of hydrogen-bond acceptors (Lipinski definition) is 4. The molecule has 1 aromatic carbocycles. The summed E-state index contributed by atoms with van der Waals surface area (Å²) in [5.41, 5.74) is 1.11. The maximum atomic E-state index is 10.3. The first-order valence-electron chi connectivity index (χ1n) is 5.65. The summed E-state index contributed by atoms with van der Waals surface area (Å²) in [6, 6.07) is 7.76. The van der Waals surface area contributed by atoms with Crippen LogP contribution in [0.2, 0.25) is 0 Å². The molecule has 1 aliphatic heterocycles. The van der Waals surface area contributed by atoms with Gasteiger partial charge < -0.3 is 19.0 Å². The van der Waals surface area contributed by atoms with Gasteiger partial charge in [0.1, 0.15) is 11.9 Å². The summed E-state index contributed by atoms with van der Waals surface area (Å²) in [5, 5.41) is 0. The zero-order valence-corrected chi connectivity index (χ0v) is 9.80. The van der Waals surface area contributed by atoms with Crippen LogP contribution >= 0.6 is 0 Å². The predicted molar refractivity (Wildman–Crippen MR) is 62.0 cm³/mol. The molecular formula is C13H16O4. The van der Waals surface area contributed by atoms with Crippen molar-refractivity contribution < 1.29 is 19.0 Å². The molecule has 0 saturated carbocycles. The molecule has 1 aromatic rings. The normalized spacial score (nSPS) is 22.2. The fourth-order valence-electron chi connectivity index (χ4n) is 1.62. The smallest absolute Gasteiger partial charge is 0.151 e. The van der Waals surface area contributed by atoms with E-state index in [0.717, 1.165) is 24.0 Å². The fourth-order valence-corrected chi connectivity index (χ4v) is 1.62. The lowest BCUT2D eigenvalue weighted by Crippen LogP contribution is -2.02. The van der Waals surface area contributed by atoms with Crippen molar-refractivity contribution in [1.29, 1.82) is 0 Å². The van der Waals surface area contributed by atoms with E-state index in [1.807, 2.05) is 24.3 Å². The highest BCUT2D eigenvalue weighted by molar-refractivity contribution is 5.60. The van der Waals surface area contributed by atoms with Gasteiger partial charge in [0.15, 0.2) is 6.29 Å². The highest BCUT2D eigenvalue weighted by Crippen LogP contribution is 2.23. The second kappa shape index (κ2) is 5.80. The minimum atomic E-state index is -0.195. The van der Waals surface area contributed by atoms with Gasteiger partial charge in [0.05, 0.1) is 19.8 Å². The quantitative estimate of drug-likeness (QED) is 0.409. The Morgan fingerprint density at radius 3 is 2.71 bits per heavy atom. The predicted octanol–water partition coefficient (Wildman–Crippen LogP) is 1.57. The number of hydrogen-bond donors (Lipinski definition) is 0. The first-order chi connectivity index (χ1) is 8.33. The lowest BCUT2D eigenvalue weighted by molar-refractivity contribution is -0.108. The van der Waals surface area contributed by atoms with E-state index in [4.69, 9.17) is 14.2 Å². The molecule has 17 heavy (non-hydrogen) atoms. The number of benzene rings is 1. The van der Waals surface area contributed by atoms with Crippen molar-refractivity contribution in [2.24, 2.45) is 0 Å². The van der Waals surface area contributed by atoms with E-state index in [2.05, 4.69) is 0 Å². The van der Waals surface area contributed by atoms with Crippen LogP contribution in [0.3, 0.4) is 0 Å². The molecule has 0 N–H and O–H groups in total. The fraction of sp³-hybridized carbons (Fsp3) is 0.462. The standard InChI is InChI=1S/C13H16O4/c1-15-11-4-2-10(3-5-11)9-16-7-6-12-13(8-14)17-12/h2-5,8,12-13H,6-7,9H2,1H3/t12-,13-/m0/s1. The molecule has 1 heterocycles. The van der Waals surface area contributed by atoms with E-state index in [-0.39, 0.29) is 12.2 Å². The summed E-state index contributed by atoms with van der Waals surface area (Å²) in [5.74, 6) is 0.842. The van der Waals surface area contributed by atoms with E-state index >= 15 is 0 Å². The molecule has 0 bridgehead atoms. The highest BCUT2D eigenvalue weighted by atomic mass is 16.6. The van der Waals surface area contributed by atoms with Crippen LogP contribution < -0.4 is 4.74 Å². The van der Waals surface area contributed by atoms with Crippen molar-refractivity contribution in [3.63, 3.8) is 0 Å². The third kappa shape index (κ3) is 3.54. The van der Waals surface area contributed by atoms with Crippen LogP contribution in [0.5, 0.6) is 5.75 Å². The molecule has 92 valence electrons. The van der Waals surface area contributed by atoms with Crippen LogP contribution in [0.15, 0.2) is 24.3 Å². The second-order valence-electron chi connectivity index (χ2n) is 3.96. The van der Waals surface area contributed by atoms with Gasteiger partial charge >= 0.3 is 0 Å². The third-order valence-electron chi connectivity index (χ3n) is 2.73. The second-order valence-corrected chi connectivity index (χ2v) is 3.96. The number of carbonyl (C=O) groups excluding carboxylic acids is 1. The van der Waals surface area contributed by atoms with Gasteiger partial charge in [-0.05, 0) is 24.1 Å². The van der Waals surface area contributed by atoms with Gasteiger partial charge in [0, 0.05) is 6.61 Å². The van der Waals surface area contributed by atoms with Crippen molar-refractivity contribution in [3.05, 3.63) is 29.8 Å². The topological polar surface area (TPSA) is 48.1 Å². The van der Waals surface area contributed by atoms with Crippen LogP contribution in [0, 0.1) is 0 Å². The van der Waals surface area contributed by atoms with Crippen LogP contribution in [0.25, 0.3) is 0 Å². The molecule has 0 aliphatic carbocycles. The molecule has 0 radical (unpaired) electrons. The number of ether oxygens (including phenoxy) is 3. The van der Waals surface area contributed by atoms with E-state index in [1.54, 1.807) is 7.11 Å². The number of methoxy groups -OCH3 is 1. The van der Waals surface area contributed by atoms with Crippen molar-refractivity contribution >= 4 is 6.29 Å². The molecular weight excluding hydrogens is 220 g/mol. The Hall–Kier alpha value is -1.39. The Labute approximate surface area is 100 Å². The Kier molecular flexibility index (Phi) is 4.12. The summed E-state index contributed by atoms with van der Waals surface area (Å²) in [6.45, 7) is 1.18. The van der Waals surface area contributed by atoms with Gasteiger partial charge in [-0.1, -0.05) is 12.1 Å². The monoisotopic (exact) mass is 236 g/mol. The van der Waals surface area contributed by atoms with E-state index in [9.17, 15) is 4.79 Å². The van der Waals surface area contributed by atoms with Gasteiger partial charge in [-0.3, -0.25) is 0 Å². The van der Waals surface area contributed by atoms with E-state index in [0.29, 0.717) is 13.2 Å². The third-order valence-corrected chi connectivity index (χ3v) is 2.73. The molecule has 4 nitrogen and oxygen atoms in total. The SMILES string of the molecule is COc1ccc(COCC[C@@H]2O[C@H]2C=O)cc1. The first-order valence-corrected chi connectivity index (χ1v) is 5.65. The Balaban J connectivity index is 1.62. The zero-order valence-electron chi connectivity index (χ0n) is 9.80. The Bertz CT molecular complexity index is 360. The summed E-state index contributed by atoms with van der Waals surface area (Å²) in [6.07, 6.45) is 1.50. The number of rotatable bonds is 7. The average Bonchev–Trinajstić information content (AvgIpc) is 3.14. The lowest BCUT2D eigenvalue weighted by Gasteiger charge is -2.04. The Morgan fingerprint density at radius 2 is 2.12 bits per heavy atom. The molecule has 1 fully saturated rings. The molecule has 4 heteroatoms. The summed E-state index contributed by atoms with van der Waals surface area (Å²) < 4.78 is 15.7. The van der Waals surface area contributed by atoms with Crippen LogP contribution in [0.4, 0.5) is 0 Å². The van der Waals surface area contributed by atoms with Crippen molar-refractivity contribution in [3.8, 4) is 5.75 Å². The minimum absolute atomic E-state index is 0.0726. The Morgan fingerprint density at radius 1 is 1.35 bits per heavy atom. The average molecular weight is 236 g/mol. The molecule has 0 amide bonds. The molecule has 0 aromatic heterocycles. The summed E-state index contributed by atoms with van der Waals surface area (Å²) in [7, 11) is 1.64. The molecule has 2 atom stereocenters. The summed E-state index contributed by atoms with van der Waals surface area (Å²) >= 11 is 0. The number of carbonyl (C=O) groups is 1. The number of epoxide rings is 1. The van der Waals surface area contributed by atoms with E-state index < -0.39 is 0 Å². The largest absolute Gasteiger partial charge is 0.497 e. The van der Waals surface area contributed by atoms with Crippen LogP contribution in [-0.2, 0) is 20.9 Å². The van der Waals surface area contributed by atoms with Gasteiger partial charge in [0.25, 0.3) is 0 Å². The number of aldehydes is 1. The van der Waals surface area contributed by atoms with Crippen molar-refractivity contribution in [1.82, 2.24) is 0 Å². The van der Waals surface area contributed by atoms with Gasteiger partial charge in [-0.15, -0.1) is 0 Å². The molecule has 1 saturated heterocycles. The maximum Gasteiger partial charge on any atom is 0.151 e.